The maximum absolute atomic E-state index is 12.3. The molecule has 2 aromatic heterocycles. The van der Waals surface area contributed by atoms with E-state index in [1.54, 1.807) is 6.92 Å². The Morgan fingerprint density at radius 2 is 1.96 bits per heavy atom. The molecule has 0 saturated heterocycles. The highest BCUT2D eigenvalue weighted by atomic mass is 32.2. The molecule has 11 heteroatoms. The minimum absolute atomic E-state index is 0.0336. The van der Waals surface area contributed by atoms with Crippen LogP contribution in [0.15, 0.2) is 9.57 Å². The van der Waals surface area contributed by atoms with E-state index in [0.29, 0.717) is 11.0 Å². The number of ether oxygens (including phenoxy) is 1. The predicted molar refractivity (Wildman–Crippen MR) is 102 cm³/mol. The molecule has 4 N–H and O–H groups in total. The van der Waals surface area contributed by atoms with Crippen molar-refractivity contribution in [2.45, 2.75) is 45.2 Å². The third-order valence-corrected chi connectivity index (χ3v) is 4.42. The van der Waals surface area contributed by atoms with Crippen molar-refractivity contribution in [1.29, 1.82) is 0 Å². The highest BCUT2D eigenvalue weighted by Crippen LogP contribution is 2.28. The van der Waals surface area contributed by atoms with Crippen LogP contribution in [-0.2, 0) is 14.9 Å². The van der Waals surface area contributed by atoms with E-state index in [1.807, 2.05) is 20.8 Å². The third kappa shape index (κ3) is 4.91. The number of primary amides is 1. The first kappa shape index (κ1) is 21.5. The number of aryl methyl sites for hydroxylation is 1. The van der Waals surface area contributed by atoms with E-state index < -0.39 is 17.8 Å². The first-order valence-electron chi connectivity index (χ1n) is 8.50. The fourth-order valence-corrected chi connectivity index (χ4v) is 2.85. The molecule has 2 heterocycles. The molecular weight excluding hydrogens is 386 g/mol. The lowest BCUT2D eigenvalue weighted by Crippen LogP contribution is -2.21. The van der Waals surface area contributed by atoms with Crippen LogP contribution in [0.25, 0.3) is 0 Å². The molecule has 0 saturated carbocycles. The molecule has 0 bridgehead atoms. The van der Waals surface area contributed by atoms with Crippen molar-refractivity contribution in [2.75, 3.05) is 17.7 Å². The summed E-state index contributed by atoms with van der Waals surface area (Å²) in [5.74, 6) is -1.53. The zero-order chi connectivity index (χ0) is 21.1. The first-order chi connectivity index (χ1) is 13.0. The van der Waals surface area contributed by atoms with Crippen LogP contribution in [0.4, 0.5) is 5.88 Å². The zero-order valence-electron chi connectivity index (χ0n) is 16.3. The van der Waals surface area contributed by atoms with Gasteiger partial charge < -0.3 is 14.9 Å². The topological polar surface area (TPSA) is 153 Å². The Bertz CT molecular complexity index is 896. The molecule has 0 aliphatic heterocycles. The minimum Gasteiger partial charge on any atom is -0.462 e. The van der Waals surface area contributed by atoms with E-state index in [2.05, 4.69) is 20.5 Å². The Morgan fingerprint density at radius 3 is 2.50 bits per heavy atom. The van der Waals surface area contributed by atoms with Gasteiger partial charge in [-0.1, -0.05) is 32.5 Å². The number of furan rings is 1. The monoisotopic (exact) mass is 409 g/mol. The van der Waals surface area contributed by atoms with Crippen molar-refractivity contribution in [1.82, 2.24) is 15.2 Å². The van der Waals surface area contributed by atoms with Crippen molar-refractivity contribution in [2.24, 2.45) is 5.73 Å². The van der Waals surface area contributed by atoms with Crippen molar-refractivity contribution < 1.29 is 23.5 Å². The quantitative estimate of drug-likeness (QED) is 0.463. The normalized spacial score (nSPS) is 11.3. The van der Waals surface area contributed by atoms with E-state index in [9.17, 15) is 14.4 Å². The zero-order valence-corrected chi connectivity index (χ0v) is 17.2. The molecule has 152 valence electrons. The van der Waals surface area contributed by atoms with Crippen molar-refractivity contribution in [3.05, 3.63) is 22.7 Å². The van der Waals surface area contributed by atoms with Crippen LogP contribution in [0.2, 0.25) is 0 Å². The number of thioether (sulfide) groups is 1. The summed E-state index contributed by atoms with van der Waals surface area (Å²) < 4.78 is 10.3. The van der Waals surface area contributed by atoms with Gasteiger partial charge in [0.1, 0.15) is 22.7 Å². The fourth-order valence-electron chi connectivity index (χ4n) is 2.26. The lowest BCUT2D eigenvalue weighted by atomic mass is 9.96. The van der Waals surface area contributed by atoms with Crippen molar-refractivity contribution in [3.63, 3.8) is 0 Å². The maximum Gasteiger partial charge on any atom is 0.342 e. The molecule has 0 fully saturated rings. The lowest BCUT2D eigenvalue weighted by Gasteiger charge is -2.12. The van der Waals surface area contributed by atoms with Crippen LogP contribution in [0.3, 0.4) is 0 Å². The molecule has 0 spiro atoms. The summed E-state index contributed by atoms with van der Waals surface area (Å²) in [4.78, 5) is 40.4. The number of nitrogens with one attached hydrogen (secondary N) is 2. The standard InChI is InChI=1S/C17H23N5O5S/c1-6-26-14(25)10-8(2)27-13(11(10)12(18)24)19-9(23)7-28-16-20-15(21-22-16)17(3,4)5/h6-7H2,1-5H3,(H2,18,24)(H,19,23)(H,20,21,22). The Hall–Kier alpha value is -2.82. The van der Waals surface area contributed by atoms with Gasteiger partial charge in [-0.3, -0.25) is 20.0 Å². The van der Waals surface area contributed by atoms with Crippen molar-refractivity contribution >= 4 is 35.4 Å². The molecule has 0 radical (unpaired) electrons. The smallest absolute Gasteiger partial charge is 0.342 e. The van der Waals surface area contributed by atoms with Crippen LogP contribution in [0.5, 0.6) is 0 Å². The first-order valence-corrected chi connectivity index (χ1v) is 9.49. The summed E-state index contributed by atoms with van der Waals surface area (Å²) in [6.07, 6.45) is 0. The SMILES string of the molecule is CCOC(=O)c1c(C)oc(NC(=O)CSc2n[nH]c(C(C)(C)C)n2)c1C(N)=O. The van der Waals surface area contributed by atoms with E-state index in [4.69, 9.17) is 14.9 Å². The average molecular weight is 409 g/mol. The van der Waals surface area contributed by atoms with E-state index in [0.717, 1.165) is 11.8 Å². The number of nitrogens with two attached hydrogens (primary N) is 1. The third-order valence-electron chi connectivity index (χ3n) is 3.57. The molecular formula is C17H23N5O5S. The molecule has 10 nitrogen and oxygen atoms in total. The summed E-state index contributed by atoms with van der Waals surface area (Å²) in [5, 5.41) is 9.76. The fraction of sp³-hybridized carbons (Fsp3) is 0.471. The number of H-pyrrole nitrogens is 1. The summed E-state index contributed by atoms with van der Waals surface area (Å²) in [5.41, 5.74) is 4.85. The number of amides is 2. The molecule has 0 aliphatic rings. The number of aromatic nitrogens is 3. The van der Waals surface area contributed by atoms with Gasteiger partial charge in [0.05, 0.1) is 12.4 Å². The van der Waals surface area contributed by atoms with Crippen LogP contribution < -0.4 is 11.1 Å². The largest absolute Gasteiger partial charge is 0.462 e. The highest BCUT2D eigenvalue weighted by molar-refractivity contribution is 7.99. The van der Waals surface area contributed by atoms with Crippen LogP contribution in [0.1, 0.15) is 60.0 Å². The molecule has 0 unspecified atom stereocenters. The summed E-state index contributed by atoms with van der Waals surface area (Å²) in [6, 6.07) is 0. The Kier molecular flexibility index (Phi) is 6.49. The van der Waals surface area contributed by atoms with Crippen LogP contribution >= 0.6 is 11.8 Å². The average Bonchev–Trinajstić information content (AvgIpc) is 3.17. The molecule has 2 aromatic rings. The second-order valence-electron chi connectivity index (χ2n) is 6.88. The van der Waals surface area contributed by atoms with E-state index in [1.165, 1.54) is 6.92 Å². The minimum atomic E-state index is -0.911. The maximum atomic E-state index is 12.3. The number of anilines is 1. The van der Waals surface area contributed by atoms with Crippen LogP contribution in [-0.4, -0.2) is 45.3 Å². The highest BCUT2D eigenvalue weighted by Gasteiger charge is 2.29. The van der Waals surface area contributed by atoms with Gasteiger partial charge in [-0.15, -0.1) is 5.10 Å². The van der Waals surface area contributed by atoms with Gasteiger partial charge in [-0.05, 0) is 13.8 Å². The summed E-state index contributed by atoms with van der Waals surface area (Å²) in [7, 11) is 0. The molecule has 0 atom stereocenters. The number of nitrogens with zero attached hydrogens (tertiary/aromatic N) is 2. The Balaban J connectivity index is 2.11. The molecule has 0 aliphatic carbocycles. The van der Waals surface area contributed by atoms with E-state index in [-0.39, 0.29) is 40.5 Å². The van der Waals surface area contributed by atoms with Gasteiger partial charge in [0.15, 0.2) is 0 Å². The number of carbonyl (C=O) groups excluding carboxylic acids is 3. The summed E-state index contributed by atoms with van der Waals surface area (Å²) in [6.45, 7) is 9.19. The number of aromatic amines is 1. The lowest BCUT2D eigenvalue weighted by molar-refractivity contribution is -0.113. The summed E-state index contributed by atoms with van der Waals surface area (Å²) >= 11 is 1.11. The van der Waals surface area contributed by atoms with Gasteiger partial charge in [-0.2, -0.15) is 0 Å². The van der Waals surface area contributed by atoms with Gasteiger partial charge in [0.2, 0.25) is 16.9 Å². The van der Waals surface area contributed by atoms with Crippen molar-refractivity contribution in [3.8, 4) is 0 Å². The number of hydrogen-bond donors (Lipinski definition) is 3. The Morgan fingerprint density at radius 1 is 1.29 bits per heavy atom. The molecule has 2 amide bonds. The number of esters is 1. The second kappa shape index (κ2) is 8.46. The van der Waals surface area contributed by atoms with Gasteiger partial charge in [-0.25, -0.2) is 9.78 Å². The van der Waals surface area contributed by atoms with E-state index >= 15 is 0 Å². The van der Waals surface area contributed by atoms with Gasteiger partial charge in [0, 0.05) is 5.41 Å². The predicted octanol–water partition coefficient (Wildman–Crippen LogP) is 2.01. The number of carbonyl (C=O) groups is 3. The number of rotatable bonds is 7. The molecule has 28 heavy (non-hydrogen) atoms. The number of hydrogen-bond acceptors (Lipinski definition) is 8. The van der Waals surface area contributed by atoms with Gasteiger partial charge in [0.25, 0.3) is 5.91 Å². The van der Waals surface area contributed by atoms with Crippen LogP contribution in [0, 0.1) is 6.92 Å². The Labute approximate surface area is 166 Å². The molecule has 2 rings (SSSR count). The second-order valence-corrected chi connectivity index (χ2v) is 7.82. The van der Waals surface area contributed by atoms with Gasteiger partial charge >= 0.3 is 5.97 Å². The molecule has 0 aromatic carbocycles.